The van der Waals surface area contributed by atoms with Crippen LogP contribution in [0.3, 0.4) is 0 Å². The second-order valence-electron chi connectivity index (χ2n) is 8.81. The van der Waals surface area contributed by atoms with Crippen LogP contribution in [0.25, 0.3) is 11.3 Å². The molecule has 1 aromatic carbocycles. The molecule has 0 aliphatic heterocycles. The molecule has 27 heavy (non-hydrogen) atoms. The van der Waals surface area contributed by atoms with Crippen molar-refractivity contribution in [2.45, 2.75) is 52.9 Å². The van der Waals surface area contributed by atoms with Gasteiger partial charge >= 0.3 is 0 Å². The predicted molar refractivity (Wildman–Crippen MR) is 114 cm³/mol. The van der Waals surface area contributed by atoms with Crippen LogP contribution in [0.4, 0.5) is 11.4 Å². The van der Waals surface area contributed by atoms with Crippen LogP contribution in [0, 0.1) is 5.41 Å². The van der Waals surface area contributed by atoms with E-state index < -0.39 is 0 Å². The number of nitrogens with one attached hydrogen (secondary N) is 2. The Morgan fingerprint density at radius 2 is 1.89 bits per heavy atom. The van der Waals surface area contributed by atoms with E-state index in [2.05, 4.69) is 79.4 Å². The summed E-state index contributed by atoms with van der Waals surface area (Å²) in [5.41, 5.74) is 9.26. The Morgan fingerprint density at radius 3 is 2.63 bits per heavy atom. The van der Waals surface area contributed by atoms with Crippen LogP contribution in [-0.4, -0.2) is 9.97 Å². The fourth-order valence-electron chi connectivity index (χ4n) is 4.04. The third-order valence-corrected chi connectivity index (χ3v) is 5.69. The maximum atomic E-state index is 4.19. The molecule has 0 spiro atoms. The summed E-state index contributed by atoms with van der Waals surface area (Å²) in [5.74, 6) is 0.521. The minimum Gasteiger partial charge on any atom is -0.356 e. The maximum Gasteiger partial charge on any atom is 0.0699 e. The molecule has 0 saturated carbocycles. The monoisotopic (exact) mass is 359 g/mol. The molecule has 0 saturated heterocycles. The molecule has 4 rings (SSSR count). The minimum absolute atomic E-state index is 0.349. The average molecular weight is 360 g/mol. The van der Waals surface area contributed by atoms with Crippen molar-refractivity contribution in [1.82, 2.24) is 9.97 Å². The molecule has 2 N–H and O–H groups in total. The van der Waals surface area contributed by atoms with Gasteiger partial charge in [0.05, 0.1) is 11.4 Å². The first-order chi connectivity index (χ1) is 12.9. The van der Waals surface area contributed by atoms with Gasteiger partial charge in [0.2, 0.25) is 0 Å². The molecule has 3 heteroatoms. The van der Waals surface area contributed by atoms with Crippen LogP contribution >= 0.6 is 0 Å². The summed E-state index contributed by atoms with van der Waals surface area (Å²) in [6.45, 7) is 9.20. The zero-order valence-electron chi connectivity index (χ0n) is 16.8. The van der Waals surface area contributed by atoms with Crippen molar-refractivity contribution < 1.29 is 0 Å². The molecule has 0 fully saturated rings. The van der Waals surface area contributed by atoms with E-state index in [1.165, 1.54) is 40.2 Å². The van der Waals surface area contributed by atoms with Crippen molar-refractivity contribution in [2.75, 3.05) is 5.32 Å². The molecule has 140 valence electrons. The number of H-pyrrole nitrogens is 1. The zero-order chi connectivity index (χ0) is 19.0. The van der Waals surface area contributed by atoms with E-state index in [4.69, 9.17) is 0 Å². The first-order valence-corrected chi connectivity index (χ1v) is 9.94. The number of nitrogens with zero attached hydrogens (tertiary/aromatic N) is 1. The second kappa shape index (κ2) is 6.88. The maximum absolute atomic E-state index is 4.19. The number of benzene rings is 1. The van der Waals surface area contributed by atoms with E-state index >= 15 is 0 Å². The second-order valence-corrected chi connectivity index (χ2v) is 8.81. The van der Waals surface area contributed by atoms with Gasteiger partial charge in [-0.15, -0.1) is 0 Å². The fraction of sp³-hybridized carbons (Fsp3) is 0.375. The van der Waals surface area contributed by atoms with Gasteiger partial charge < -0.3 is 10.3 Å². The number of fused-ring (bicyclic) bond motifs is 1. The Kier molecular flexibility index (Phi) is 4.55. The van der Waals surface area contributed by atoms with E-state index in [1.54, 1.807) is 0 Å². The highest BCUT2D eigenvalue weighted by atomic mass is 14.9. The molecular formula is C24H29N3. The molecule has 0 bridgehead atoms. The molecule has 0 atom stereocenters. The Balaban J connectivity index is 1.79. The van der Waals surface area contributed by atoms with Crippen molar-refractivity contribution in [2.24, 2.45) is 5.41 Å². The normalized spacial score (nSPS) is 15.6. The number of rotatable bonds is 4. The van der Waals surface area contributed by atoms with Crippen LogP contribution in [0.15, 0.2) is 48.8 Å². The molecule has 0 radical (unpaired) electrons. The lowest BCUT2D eigenvalue weighted by molar-refractivity contribution is 0.313. The first-order valence-electron chi connectivity index (χ1n) is 9.94. The number of hydrogen-bond donors (Lipinski definition) is 2. The van der Waals surface area contributed by atoms with E-state index in [0.29, 0.717) is 11.3 Å². The molecule has 3 aromatic rings. The summed E-state index contributed by atoms with van der Waals surface area (Å²) < 4.78 is 0. The highest BCUT2D eigenvalue weighted by Gasteiger charge is 2.30. The summed E-state index contributed by atoms with van der Waals surface area (Å²) in [6, 6.07) is 12.9. The van der Waals surface area contributed by atoms with E-state index in [0.717, 1.165) is 18.5 Å². The van der Waals surface area contributed by atoms with Crippen LogP contribution in [0.1, 0.15) is 56.9 Å². The topological polar surface area (TPSA) is 40.7 Å². The highest BCUT2D eigenvalue weighted by Crippen LogP contribution is 2.43. The van der Waals surface area contributed by atoms with Crippen molar-refractivity contribution in [3.8, 4) is 11.3 Å². The molecule has 1 aliphatic carbocycles. The lowest BCUT2D eigenvalue weighted by atomic mass is 9.76. The highest BCUT2D eigenvalue weighted by molar-refractivity contribution is 5.82. The third kappa shape index (κ3) is 3.64. The summed E-state index contributed by atoms with van der Waals surface area (Å²) in [7, 11) is 0. The Morgan fingerprint density at radius 1 is 1.11 bits per heavy atom. The molecule has 2 aromatic heterocycles. The van der Waals surface area contributed by atoms with E-state index in [1.807, 2.05) is 12.4 Å². The van der Waals surface area contributed by atoms with Crippen LogP contribution in [-0.2, 0) is 12.8 Å². The van der Waals surface area contributed by atoms with E-state index in [-0.39, 0.29) is 0 Å². The van der Waals surface area contributed by atoms with Gasteiger partial charge in [-0.1, -0.05) is 39.8 Å². The van der Waals surface area contributed by atoms with Crippen molar-refractivity contribution in [3.05, 3.63) is 65.6 Å². The van der Waals surface area contributed by atoms with Gasteiger partial charge in [-0.3, -0.25) is 4.98 Å². The molecule has 1 aliphatic rings. The smallest absolute Gasteiger partial charge is 0.0699 e. The minimum atomic E-state index is 0.349. The molecule has 0 unspecified atom stereocenters. The molecule has 0 amide bonds. The Hall–Kier alpha value is -2.55. The number of hydrogen-bond acceptors (Lipinski definition) is 2. The first kappa shape index (κ1) is 17.8. The number of aromatic nitrogens is 2. The van der Waals surface area contributed by atoms with Gasteiger partial charge in [0.15, 0.2) is 0 Å². The molecular weight excluding hydrogens is 330 g/mol. The van der Waals surface area contributed by atoms with Gasteiger partial charge in [-0.05, 0) is 66.0 Å². The Bertz CT molecular complexity index is 936. The van der Waals surface area contributed by atoms with Gasteiger partial charge in [0, 0.05) is 29.3 Å². The number of anilines is 2. The van der Waals surface area contributed by atoms with Gasteiger partial charge in [-0.25, -0.2) is 0 Å². The quantitative estimate of drug-likeness (QED) is 0.561. The third-order valence-electron chi connectivity index (χ3n) is 5.69. The predicted octanol–water partition coefficient (Wildman–Crippen LogP) is 6.46. The summed E-state index contributed by atoms with van der Waals surface area (Å²) in [5, 5.41) is 3.75. The summed E-state index contributed by atoms with van der Waals surface area (Å²) >= 11 is 0. The largest absolute Gasteiger partial charge is 0.356 e. The fourth-order valence-corrected chi connectivity index (χ4v) is 4.04. The van der Waals surface area contributed by atoms with Gasteiger partial charge in [-0.2, -0.15) is 0 Å². The summed E-state index contributed by atoms with van der Waals surface area (Å²) in [4.78, 5) is 7.93. The van der Waals surface area contributed by atoms with Crippen molar-refractivity contribution >= 4 is 11.4 Å². The average Bonchev–Trinajstić information content (AvgIpc) is 2.99. The molecule has 2 heterocycles. The van der Waals surface area contributed by atoms with Crippen molar-refractivity contribution in [1.29, 1.82) is 0 Å². The lowest BCUT2D eigenvalue weighted by Gasteiger charge is -2.29. The van der Waals surface area contributed by atoms with Gasteiger partial charge in [0.25, 0.3) is 0 Å². The van der Waals surface area contributed by atoms with Crippen LogP contribution < -0.4 is 5.32 Å². The number of aromatic amines is 1. The Labute approximate surface area is 162 Å². The van der Waals surface area contributed by atoms with E-state index in [9.17, 15) is 0 Å². The lowest BCUT2D eigenvalue weighted by Crippen LogP contribution is -2.22. The standard InChI is InChI=1S/C24H29N3/c1-16(2)18-6-5-7-19(14-18)26-23-20-8-11-24(3,4)15-21(20)27-22(23)17-9-12-25-13-10-17/h5-7,9-10,12-14,16,26-27H,8,11,15H2,1-4H3. The van der Waals surface area contributed by atoms with Crippen LogP contribution in [0.5, 0.6) is 0 Å². The van der Waals surface area contributed by atoms with Crippen LogP contribution in [0.2, 0.25) is 0 Å². The summed E-state index contributed by atoms with van der Waals surface area (Å²) in [6.07, 6.45) is 7.14. The number of pyridine rings is 1. The SMILES string of the molecule is CC(C)c1cccc(Nc2c(-c3ccncc3)[nH]c3c2CCC(C)(C)C3)c1. The van der Waals surface area contributed by atoms with Gasteiger partial charge in [0.1, 0.15) is 0 Å². The van der Waals surface area contributed by atoms with Crippen molar-refractivity contribution in [3.63, 3.8) is 0 Å². The zero-order valence-corrected chi connectivity index (χ0v) is 16.8. The molecule has 3 nitrogen and oxygen atoms in total.